The molecule has 0 saturated carbocycles. The molecule has 6 aromatic rings. The molecule has 0 aliphatic carbocycles. The van der Waals surface area contributed by atoms with Gasteiger partial charge in [-0.05, 0) is 65.4 Å². The predicted molar refractivity (Wildman–Crippen MR) is 205 cm³/mol. The molecule has 0 bridgehead atoms. The standard InChI is InChI=1S/C40H36ClN3O9S/c1-51-29-16-26(15-27(41)17-29)36(43-28-18-30(52-2)20-31(19-28)54(3,49)50)38(45)34-21-44(37-32-10-5-4-8-24(32)11-12-33(34)37)22-53-40(48)25-9-6-7-23(13-25)14-35(42)39(46)47/h4-13,15-21,35-36,43H,14,22,42H2,1-3H3,(H,46,47)/t35-,36-/m0/s1. The first kappa shape index (κ1) is 37.9. The van der Waals surface area contributed by atoms with Gasteiger partial charge in [0.25, 0.3) is 0 Å². The highest BCUT2D eigenvalue weighted by molar-refractivity contribution is 7.90. The molecule has 5 aromatic carbocycles. The minimum atomic E-state index is -3.66. The maximum Gasteiger partial charge on any atom is 0.339 e. The summed E-state index contributed by atoms with van der Waals surface area (Å²) < 4.78 is 43.5. The molecule has 12 nitrogen and oxygen atoms in total. The number of halogens is 1. The Morgan fingerprint density at radius 1 is 0.889 bits per heavy atom. The van der Waals surface area contributed by atoms with Gasteiger partial charge in [0.2, 0.25) is 0 Å². The van der Waals surface area contributed by atoms with Crippen LogP contribution < -0.4 is 20.5 Å². The molecule has 278 valence electrons. The van der Waals surface area contributed by atoms with Crippen molar-refractivity contribution in [2.24, 2.45) is 5.73 Å². The molecular weight excluding hydrogens is 734 g/mol. The number of benzene rings is 5. The number of ketones is 1. The van der Waals surface area contributed by atoms with Crippen LogP contribution in [0.1, 0.15) is 37.9 Å². The molecule has 0 unspecified atom stereocenters. The van der Waals surface area contributed by atoms with Crippen LogP contribution in [0.2, 0.25) is 5.02 Å². The number of Topliss-reactive ketones (excluding diaryl/α,β-unsaturated/α-hetero) is 1. The average Bonchev–Trinajstić information content (AvgIpc) is 3.54. The van der Waals surface area contributed by atoms with Crippen LogP contribution in [0.15, 0.2) is 108 Å². The number of hydrogen-bond donors (Lipinski definition) is 3. The number of sulfone groups is 1. The number of rotatable bonds is 14. The van der Waals surface area contributed by atoms with Crippen molar-refractivity contribution in [2.75, 3.05) is 25.8 Å². The van der Waals surface area contributed by atoms with Crippen LogP contribution in [-0.4, -0.2) is 62.3 Å². The van der Waals surface area contributed by atoms with E-state index < -0.39 is 39.6 Å². The van der Waals surface area contributed by atoms with Gasteiger partial charge in [-0.25, -0.2) is 13.2 Å². The number of hydrogen-bond acceptors (Lipinski definition) is 10. The van der Waals surface area contributed by atoms with Crippen molar-refractivity contribution in [2.45, 2.75) is 30.1 Å². The Bertz CT molecular complexity index is 2530. The number of carboxylic acid groups (broad SMARTS) is 1. The second kappa shape index (κ2) is 15.6. The lowest BCUT2D eigenvalue weighted by atomic mass is 9.95. The Labute approximate surface area is 315 Å². The van der Waals surface area contributed by atoms with Gasteiger partial charge in [-0.2, -0.15) is 0 Å². The van der Waals surface area contributed by atoms with E-state index in [4.69, 9.17) is 31.5 Å². The Kier molecular flexibility index (Phi) is 10.9. The molecule has 0 spiro atoms. The first-order chi connectivity index (χ1) is 25.7. The zero-order chi connectivity index (χ0) is 38.7. The molecule has 14 heteroatoms. The van der Waals surface area contributed by atoms with Gasteiger partial charge in [-0.3, -0.25) is 9.59 Å². The maximum absolute atomic E-state index is 14.9. The number of nitrogens with zero attached hydrogens (tertiary/aromatic N) is 1. The fourth-order valence-corrected chi connectivity index (χ4v) is 7.13. The lowest BCUT2D eigenvalue weighted by molar-refractivity contribution is -0.138. The van der Waals surface area contributed by atoms with Crippen LogP contribution in [-0.2, 0) is 32.5 Å². The molecular formula is C40H36ClN3O9S. The fourth-order valence-electron chi connectivity index (χ4n) is 6.23. The summed E-state index contributed by atoms with van der Waals surface area (Å²) in [5.41, 5.74) is 8.10. The summed E-state index contributed by atoms with van der Waals surface area (Å²) in [7, 11) is -0.776. The van der Waals surface area contributed by atoms with Crippen molar-refractivity contribution < 1.29 is 42.1 Å². The van der Waals surface area contributed by atoms with E-state index in [2.05, 4.69) is 5.32 Å². The van der Waals surface area contributed by atoms with Gasteiger partial charge in [0, 0.05) is 45.6 Å². The van der Waals surface area contributed by atoms with E-state index in [9.17, 15) is 27.9 Å². The summed E-state index contributed by atoms with van der Waals surface area (Å²) in [6, 6.07) is 24.7. The summed E-state index contributed by atoms with van der Waals surface area (Å²) in [4.78, 5) is 39.5. The third-order valence-electron chi connectivity index (χ3n) is 8.88. The van der Waals surface area contributed by atoms with Crippen molar-refractivity contribution in [3.8, 4) is 11.5 Å². The normalized spacial score (nSPS) is 12.6. The van der Waals surface area contributed by atoms with Crippen LogP contribution >= 0.6 is 11.6 Å². The Balaban J connectivity index is 1.43. The lowest BCUT2D eigenvalue weighted by Crippen LogP contribution is -2.32. The number of aliphatic carboxylic acids is 1. The highest BCUT2D eigenvalue weighted by atomic mass is 35.5. The topological polar surface area (TPSA) is 176 Å². The average molecular weight is 770 g/mol. The minimum absolute atomic E-state index is 0.0145. The van der Waals surface area contributed by atoms with Crippen molar-refractivity contribution >= 4 is 66.5 Å². The van der Waals surface area contributed by atoms with Gasteiger partial charge in [-0.15, -0.1) is 0 Å². The first-order valence-electron chi connectivity index (χ1n) is 16.5. The molecule has 2 atom stereocenters. The molecule has 4 N–H and O–H groups in total. The molecule has 0 aliphatic heterocycles. The number of esters is 1. The van der Waals surface area contributed by atoms with Gasteiger partial charge in [-0.1, -0.05) is 60.1 Å². The van der Waals surface area contributed by atoms with E-state index in [0.29, 0.717) is 38.5 Å². The summed E-state index contributed by atoms with van der Waals surface area (Å²) in [6.07, 6.45) is 2.71. The summed E-state index contributed by atoms with van der Waals surface area (Å²) in [5, 5.41) is 15.0. The fraction of sp³-hybridized carbons (Fsp3) is 0.175. The predicted octanol–water partition coefficient (Wildman–Crippen LogP) is 6.67. The number of carboxylic acids is 1. The van der Waals surface area contributed by atoms with E-state index in [-0.39, 0.29) is 34.9 Å². The molecule has 1 aromatic heterocycles. The zero-order valence-corrected chi connectivity index (χ0v) is 31.0. The largest absolute Gasteiger partial charge is 0.497 e. The maximum atomic E-state index is 14.9. The highest BCUT2D eigenvalue weighted by Crippen LogP contribution is 2.36. The quantitative estimate of drug-likeness (QED) is 0.0797. The Morgan fingerprint density at radius 3 is 2.35 bits per heavy atom. The van der Waals surface area contributed by atoms with Crippen molar-refractivity contribution in [1.82, 2.24) is 4.57 Å². The van der Waals surface area contributed by atoms with Crippen LogP contribution in [0.4, 0.5) is 5.69 Å². The van der Waals surface area contributed by atoms with E-state index >= 15 is 0 Å². The number of methoxy groups -OCH3 is 2. The molecule has 0 aliphatic rings. The molecule has 0 amide bonds. The Morgan fingerprint density at radius 2 is 1.63 bits per heavy atom. The molecule has 0 fully saturated rings. The molecule has 6 rings (SSSR count). The van der Waals surface area contributed by atoms with Crippen molar-refractivity contribution in [3.63, 3.8) is 0 Å². The number of fused-ring (bicyclic) bond motifs is 3. The number of carbonyl (C=O) groups excluding carboxylic acids is 2. The van der Waals surface area contributed by atoms with Gasteiger partial charge in [0.05, 0.1) is 30.2 Å². The highest BCUT2D eigenvalue weighted by Gasteiger charge is 2.28. The first-order valence-corrected chi connectivity index (χ1v) is 18.8. The van der Waals surface area contributed by atoms with E-state index in [1.807, 2.05) is 36.4 Å². The van der Waals surface area contributed by atoms with Crippen molar-refractivity contribution in [3.05, 3.63) is 131 Å². The number of ether oxygens (including phenoxy) is 3. The lowest BCUT2D eigenvalue weighted by Gasteiger charge is -2.21. The SMILES string of the molecule is COc1cc(Cl)cc([C@H](Nc2cc(OC)cc(S(C)(=O)=O)c2)C(=O)c2cn(COC(=O)c3cccc(C[C@H](N)C(=O)O)c3)c3c2ccc2ccccc23)c1. The van der Waals surface area contributed by atoms with Crippen molar-refractivity contribution in [1.29, 1.82) is 0 Å². The summed E-state index contributed by atoms with van der Waals surface area (Å²) in [6.45, 7) is -0.272. The minimum Gasteiger partial charge on any atom is -0.497 e. The van der Waals surface area contributed by atoms with Gasteiger partial charge in [0.1, 0.15) is 23.6 Å². The smallest absolute Gasteiger partial charge is 0.339 e. The van der Waals surface area contributed by atoms with Crippen LogP contribution in [0, 0.1) is 0 Å². The number of nitrogens with two attached hydrogens (primary N) is 1. The number of aromatic nitrogens is 1. The van der Waals surface area contributed by atoms with E-state index in [1.165, 1.54) is 32.4 Å². The summed E-state index contributed by atoms with van der Waals surface area (Å²) >= 11 is 6.49. The Hall–Kier alpha value is -5.89. The molecule has 1 heterocycles. The second-order valence-corrected chi connectivity index (χ2v) is 15.1. The third-order valence-corrected chi connectivity index (χ3v) is 10.2. The van der Waals surface area contributed by atoms with Gasteiger partial charge in [0.15, 0.2) is 22.4 Å². The van der Waals surface area contributed by atoms with Gasteiger partial charge < -0.3 is 34.9 Å². The van der Waals surface area contributed by atoms with Crippen LogP contribution in [0.3, 0.4) is 0 Å². The second-order valence-electron chi connectivity index (χ2n) is 12.6. The van der Waals surface area contributed by atoms with Crippen LogP contribution in [0.25, 0.3) is 21.7 Å². The number of anilines is 1. The zero-order valence-electron chi connectivity index (χ0n) is 29.4. The van der Waals surface area contributed by atoms with Crippen LogP contribution in [0.5, 0.6) is 11.5 Å². The molecule has 0 radical (unpaired) electrons. The summed E-state index contributed by atoms with van der Waals surface area (Å²) in [5.74, 6) is -1.57. The number of nitrogens with one attached hydrogen (secondary N) is 1. The van der Waals surface area contributed by atoms with E-state index in [0.717, 1.165) is 17.0 Å². The molecule has 54 heavy (non-hydrogen) atoms. The molecule has 0 saturated heterocycles. The van der Waals surface area contributed by atoms with Gasteiger partial charge >= 0.3 is 11.9 Å². The monoisotopic (exact) mass is 769 g/mol. The number of carbonyl (C=O) groups is 3. The van der Waals surface area contributed by atoms with E-state index in [1.54, 1.807) is 53.2 Å². The third kappa shape index (κ3) is 8.18.